The highest BCUT2D eigenvalue weighted by Gasteiger charge is 2.35. The molecule has 2 aliphatic heterocycles. The van der Waals surface area contributed by atoms with Crippen molar-refractivity contribution in [2.45, 2.75) is 40.0 Å². The van der Waals surface area contributed by atoms with Crippen LogP contribution in [0.25, 0.3) is 0 Å². The normalized spacial score (nSPS) is 25.1. The van der Waals surface area contributed by atoms with Crippen molar-refractivity contribution in [2.24, 2.45) is 17.3 Å². The minimum Gasteiger partial charge on any atom is -0.316 e. The van der Waals surface area contributed by atoms with E-state index in [9.17, 15) is 4.79 Å². The molecule has 2 aliphatic rings. The zero-order valence-electron chi connectivity index (χ0n) is 14.1. The van der Waals surface area contributed by atoms with E-state index in [0.717, 1.165) is 38.2 Å². The van der Waals surface area contributed by atoms with Crippen molar-refractivity contribution < 1.29 is 4.79 Å². The molecule has 1 saturated heterocycles. The van der Waals surface area contributed by atoms with Crippen LogP contribution in [0.5, 0.6) is 0 Å². The molecule has 1 unspecified atom stereocenters. The second-order valence-corrected chi connectivity index (χ2v) is 7.96. The topological polar surface area (TPSA) is 32.3 Å². The first-order valence-corrected chi connectivity index (χ1v) is 8.54. The summed E-state index contributed by atoms with van der Waals surface area (Å²) in [5.41, 5.74) is 2.69. The van der Waals surface area contributed by atoms with Gasteiger partial charge < -0.3 is 10.2 Å². The maximum Gasteiger partial charge on any atom is 0.227 e. The molecule has 0 bridgehead atoms. The molecular weight excluding hydrogens is 272 g/mol. The van der Waals surface area contributed by atoms with Crippen LogP contribution < -0.4 is 10.2 Å². The van der Waals surface area contributed by atoms with Crippen LogP contribution in [0.4, 0.5) is 5.69 Å². The highest BCUT2D eigenvalue weighted by molar-refractivity contribution is 5.94. The molecule has 1 fully saturated rings. The van der Waals surface area contributed by atoms with E-state index in [4.69, 9.17) is 0 Å². The molecule has 1 N–H and O–H groups in total. The molecule has 0 saturated carbocycles. The van der Waals surface area contributed by atoms with E-state index >= 15 is 0 Å². The van der Waals surface area contributed by atoms with E-state index in [0.29, 0.717) is 24.2 Å². The smallest absolute Gasteiger partial charge is 0.227 e. The summed E-state index contributed by atoms with van der Waals surface area (Å²) in [5, 5.41) is 3.36. The van der Waals surface area contributed by atoms with E-state index in [1.807, 2.05) is 6.07 Å². The van der Waals surface area contributed by atoms with Gasteiger partial charge in [-0.3, -0.25) is 4.79 Å². The lowest BCUT2D eigenvalue weighted by molar-refractivity contribution is -0.119. The Kier molecular flexibility index (Phi) is 4.26. The summed E-state index contributed by atoms with van der Waals surface area (Å²) in [7, 11) is 0. The lowest BCUT2D eigenvalue weighted by Crippen LogP contribution is -2.44. The fraction of sp³-hybridized carbons (Fsp3) is 0.632. The monoisotopic (exact) mass is 300 g/mol. The lowest BCUT2D eigenvalue weighted by Gasteiger charge is -2.41. The standard InChI is InChI=1S/C19H28N2O/c1-19(2,3)16-11-15-6-4-5-7-17(15)21(13-16)18(22)10-14-8-9-20-12-14/h4-7,14,16,20H,8-13H2,1-3H3/t14-,16?/m0/s1. The average molecular weight is 300 g/mol. The quantitative estimate of drug-likeness (QED) is 0.909. The number of amides is 1. The number of nitrogens with one attached hydrogen (secondary N) is 1. The van der Waals surface area contributed by atoms with Gasteiger partial charge in [0.05, 0.1) is 0 Å². The third-order valence-electron chi connectivity index (χ3n) is 5.30. The van der Waals surface area contributed by atoms with Gasteiger partial charge in [-0.25, -0.2) is 0 Å². The Balaban J connectivity index is 1.83. The number of benzene rings is 1. The number of fused-ring (bicyclic) bond motifs is 1. The molecular formula is C19H28N2O. The van der Waals surface area contributed by atoms with E-state index in [2.05, 4.69) is 49.2 Å². The van der Waals surface area contributed by atoms with Crippen LogP contribution in [-0.4, -0.2) is 25.5 Å². The summed E-state index contributed by atoms with van der Waals surface area (Å²) in [4.78, 5) is 15.0. The molecule has 1 amide bonds. The molecule has 3 rings (SSSR count). The van der Waals surface area contributed by atoms with Gasteiger partial charge in [-0.15, -0.1) is 0 Å². The number of rotatable bonds is 2. The van der Waals surface area contributed by atoms with E-state index < -0.39 is 0 Å². The van der Waals surface area contributed by atoms with Gasteiger partial charge in [-0.05, 0) is 54.8 Å². The van der Waals surface area contributed by atoms with E-state index in [-0.39, 0.29) is 5.41 Å². The Morgan fingerprint density at radius 1 is 1.32 bits per heavy atom. The molecule has 22 heavy (non-hydrogen) atoms. The van der Waals surface area contributed by atoms with Gasteiger partial charge in [0.1, 0.15) is 0 Å². The van der Waals surface area contributed by atoms with Crippen molar-refractivity contribution in [1.82, 2.24) is 5.32 Å². The molecule has 0 aromatic heterocycles. The fourth-order valence-corrected chi connectivity index (χ4v) is 3.66. The second-order valence-electron chi connectivity index (χ2n) is 7.96. The van der Waals surface area contributed by atoms with E-state index in [1.54, 1.807) is 0 Å². The number of para-hydroxylation sites is 1. The minimum absolute atomic E-state index is 0.223. The molecule has 3 nitrogen and oxygen atoms in total. The van der Waals surface area contributed by atoms with Gasteiger partial charge in [-0.2, -0.15) is 0 Å². The predicted octanol–water partition coefficient (Wildman–Crippen LogP) is 3.24. The maximum absolute atomic E-state index is 12.9. The third kappa shape index (κ3) is 3.19. The Morgan fingerprint density at radius 2 is 2.09 bits per heavy atom. The maximum atomic E-state index is 12.9. The van der Waals surface area contributed by atoms with Gasteiger partial charge in [0.15, 0.2) is 0 Å². The van der Waals surface area contributed by atoms with Crippen molar-refractivity contribution in [1.29, 1.82) is 0 Å². The van der Waals surface area contributed by atoms with Crippen LogP contribution in [0.15, 0.2) is 24.3 Å². The van der Waals surface area contributed by atoms with Crippen LogP contribution in [0.3, 0.4) is 0 Å². The molecule has 0 radical (unpaired) electrons. The number of hydrogen-bond donors (Lipinski definition) is 1. The van der Waals surface area contributed by atoms with Crippen molar-refractivity contribution in [2.75, 3.05) is 24.5 Å². The molecule has 1 aromatic carbocycles. The zero-order chi connectivity index (χ0) is 15.7. The van der Waals surface area contributed by atoms with E-state index in [1.165, 1.54) is 5.56 Å². The van der Waals surface area contributed by atoms with Gasteiger partial charge in [0.25, 0.3) is 0 Å². The average Bonchev–Trinajstić information content (AvgIpc) is 2.98. The third-order valence-corrected chi connectivity index (χ3v) is 5.30. The number of hydrogen-bond acceptors (Lipinski definition) is 2. The Hall–Kier alpha value is -1.35. The van der Waals surface area contributed by atoms with Crippen molar-refractivity contribution in [3.63, 3.8) is 0 Å². The predicted molar refractivity (Wildman–Crippen MR) is 91.0 cm³/mol. The van der Waals surface area contributed by atoms with Crippen molar-refractivity contribution in [3.05, 3.63) is 29.8 Å². The minimum atomic E-state index is 0.223. The first-order chi connectivity index (χ1) is 10.4. The highest BCUT2D eigenvalue weighted by Crippen LogP contribution is 2.38. The second kappa shape index (κ2) is 6.04. The van der Waals surface area contributed by atoms with Gasteiger partial charge >= 0.3 is 0 Å². The SMILES string of the molecule is CC(C)(C)C1Cc2ccccc2N(C(=O)C[C@@H]2CCNC2)C1. The number of carbonyl (C=O) groups excluding carboxylic acids is 1. The Labute approximate surface area is 134 Å². The van der Waals surface area contributed by atoms with Crippen LogP contribution >= 0.6 is 0 Å². The van der Waals surface area contributed by atoms with Crippen LogP contribution in [0.2, 0.25) is 0 Å². The Bertz CT molecular complexity index is 541. The number of nitrogens with zero attached hydrogens (tertiary/aromatic N) is 1. The highest BCUT2D eigenvalue weighted by atomic mass is 16.2. The first kappa shape index (κ1) is 15.5. The summed E-state index contributed by atoms with van der Waals surface area (Å²) in [5.74, 6) is 1.33. The van der Waals surface area contributed by atoms with Gasteiger partial charge in [0.2, 0.25) is 5.91 Å². The molecule has 0 spiro atoms. The molecule has 120 valence electrons. The van der Waals surface area contributed by atoms with Crippen molar-refractivity contribution in [3.8, 4) is 0 Å². The molecule has 2 atom stereocenters. The van der Waals surface area contributed by atoms with Gasteiger partial charge in [-0.1, -0.05) is 39.0 Å². The largest absolute Gasteiger partial charge is 0.316 e. The zero-order valence-corrected chi connectivity index (χ0v) is 14.1. The summed E-state index contributed by atoms with van der Waals surface area (Å²) >= 11 is 0. The summed E-state index contributed by atoms with van der Waals surface area (Å²) in [6.07, 6.45) is 2.89. The van der Waals surface area contributed by atoms with Crippen molar-refractivity contribution >= 4 is 11.6 Å². The Morgan fingerprint density at radius 3 is 2.77 bits per heavy atom. The number of anilines is 1. The summed E-state index contributed by atoms with van der Waals surface area (Å²) < 4.78 is 0. The summed E-state index contributed by atoms with van der Waals surface area (Å²) in [6, 6.07) is 8.44. The van der Waals surface area contributed by atoms with Crippen LogP contribution in [-0.2, 0) is 11.2 Å². The molecule has 0 aliphatic carbocycles. The first-order valence-electron chi connectivity index (χ1n) is 8.54. The van der Waals surface area contributed by atoms with Crippen LogP contribution in [0.1, 0.15) is 39.2 Å². The lowest BCUT2D eigenvalue weighted by atomic mass is 9.74. The molecule has 3 heteroatoms. The van der Waals surface area contributed by atoms with Gasteiger partial charge in [0, 0.05) is 18.7 Å². The molecule has 1 aromatic rings. The number of carbonyl (C=O) groups is 1. The molecule has 2 heterocycles. The summed E-state index contributed by atoms with van der Waals surface area (Å²) in [6.45, 7) is 9.77. The fourth-order valence-electron chi connectivity index (χ4n) is 3.66. The van der Waals surface area contributed by atoms with Crippen LogP contribution in [0, 0.1) is 17.3 Å².